The molecule has 2 heterocycles. The Labute approximate surface area is 104 Å². The lowest BCUT2D eigenvalue weighted by Gasteiger charge is -2.15. The predicted molar refractivity (Wildman–Crippen MR) is 69.2 cm³/mol. The number of nitrogens with zero attached hydrogens (tertiary/aromatic N) is 1. The number of allylic oxidation sites excluding steroid dienone is 1. The average molecular weight is 279 g/mol. The molecule has 1 N–H and O–H groups in total. The topological polar surface area (TPSA) is 24.9 Å². The van der Waals surface area contributed by atoms with Crippen LogP contribution in [0, 0.1) is 12.8 Å². The van der Waals surface area contributed by atoms with Gasteiger partial charge in [-0.25, -0.2) is 4.98 Å². The molecule has 16 heavy (non-hydrogen) atoms. The molecule has 0 saturated carbocycles. The first-order valence-electron chi connectivity index (χ1n) is 5.81. The zero-order chi connectivity index (χ0) is 11.1. The summed E-state index contributed by atoms with van der Waals surface area (Å²) in [6.07, 6.45) is 6.90. The third-order valence-electron chi connectivity index (χ3n) is 3.67. The van der Waals surface area contributed by atoms with Gasteiger partial charge >= 0.3 is 0 Å². The molecule has 0 radical (unpaired) electrons. The quantitative estimate of drug-likeness (QED) is 0.799. The monoisotopic (exact) mass is 278 g/mol. The molecule has 0 amide bonds. The number of hydrogen-bond donors (Lipinski definition) is 1. The number of rotatable bonds is 1. The molecule has 1 aliphatic carbocycles. The van der Waals surface area contributed by atoms with Crippen molar-refractivity contribution in [3.8, 4) is 0 Å². The lowest BCUT2D eigenvalue weighted by atomic mass is 9.97. The molecule has 0 aromatic carbocycles. The fourth-order valence-corrected chi connectivity index (χ4v) is 3.01. The van der Waals surface area contributed by atoms with Crippen molar-refractivity contribution in [2.24, 2.45) is 5.92 Å². The number of aromatic nitrogens is 1. The van der Waals surface area contributed by atoms with Crippen LogP contribution in [0.1, 0.15) is 24.0 Å². The van der Waals surface area contributed by atoms with E-state index in [1.54, 1.807) is 0 Å². The highest BCUT2D eigenvalue weighted by Crippen LogP contribution is 2.37. The van der Waals surface area contributed by atoms with Gasteiger partial charge in [0.2, 0.25) is 0 Å². The summed E-state index contributed by atoms with van der Waals surface area (Å²) in [5.41, 5.74) is 3.94. The van der Waals surface area contributed by atoms with Gasteiger partial charge in [-0.2, -0.15) is 0 Å². The van der Waals surface area contributed by atoms with Gasteiger partial charge in [0.25, 0.3) is 0 Å². The van der Waals surface area contributed by atoms with Crippen molar-refractivity contribution in [3.63, 3.8) is 0 Å². The van der Waals surface area contributed by atoms with Crippen LogP contribution in [0.2, 0.25) is 0 Å². The van der Waals surface area contributed by atoms with Crippen molar-refractivity contribution < 1.29 is 0 Å². The largest absolute Gasteiger partial charge is 0.310 e. The van der Waals surface area contributed by atoms with E-state index in [4.69, 9.17) is 0 Å². The van der Waals surface area contributed by atoms with E-state index in [0.717, 1.165) is 17.1 Å². The minimum Gasteiger partial charge on any atom is -0.310 e. The summed E-state index contributed by atoms with van der Waals surface area (Å²) in [4.78, 5) is 4.39. The van der Waals surface area contributed by atoms with Crippen LogP contribution < -0.4 is 5.32 Å². The molecule has 1 aliphatic heterocycles. The van der Waals surface area contributed by atoms with E-state index in [1.165, 1.54) is 29.5 Å². The number of nitrogens with one attached hydrogen (secondary N) is 1. The first-order chi connectivity index (χ1) is 7.75. The average Bonchev–Trinajstić information content (AvgIpc) is 2.83. The SMILES string of the molecule is Cc1cc(C2=CC[C@H]3CCN[C@@H]23)cnc1Br. The zero-order valence-electron chi connectivity index (χ0n) is 9.33. The second-order valence-corrected chi connectivity index (χ2v) is 5.46. The van der Waals surface area contributed by atoms with Crippen LogP contribution in [0.15, 0.2) is 22.9 Å². The van der Waals surface area contributed by atoms with Crippen LogP contribution in [0.3, 0.4) is 0 Å². The molecule has 84 valence electrons. The van der Waals surface area contributed by atoms with Crippen molar-refractivity contribution in [2.45, 2.75) is 25.8 Å². The maximum absolute atomic E-state index is 4.39. The Morgan fingerprint density at radius 2 is 2.38 bits per heavy atom. The fraction of sp³-hybridized carbons (Fsp3) is 0.462. The second kappa shape index (κ2) is 3.97. The molecular weight excluding hydrogens is 264 g/mol. The minimum atomic E-state index is 0.572. The molecule has 2 aliphatic rings. The Kier molecular flexibility index (Phi) is 2.60. The van der Waals surface area contributed by atoms with Crippen molar-refractivity contribution in [2.75, 3.05) is 6.54 Å². The van der Waals surface area contributed by atoms with Gasteiger partial charge in [-0.1, -0.05) is 6.08 Å². The molecule has 0 unspecified atom stereocenters. The summed E-state index contributed by atoms with van der Waals surface area (Å²) >= 11 is 3.45. The molecule has 2 atom stereocenters. The molecule has 1 aromatic rings. The lowest BCUT2D eigenvalue weighted by Crippen LogP contribution is -2.24. The summed E-state index contributed by atoms with van der Waals surface area (Å²) in [5, 5.41) is 3.59. The molecule has 0 spiro atoms. The van der Waals surface area contributed by atoms with Gasteiger partial charge in [-0.15, -0.1) is 0 Å². The van der Waals surface area contributed by atoms with Gasteiger partial charge in [0, 0.05) is 12.2 Å². The van der Waals surface area contributed by atoms with Crippen LogP contribution in [-0.4, -0.2) is 17.6 Å². The summed E-state index contributed by atoms with van der Waals surface area (Å²) in [5.74, 6) is 0.818. The van der Waals surface area contributed by atoms with Crippen molar-refractivity contribution in [1.29, 1.82) is 0 Å². The third kappa shape index (κ3) is 1.62. The Balaban J connectivity index is 1.95. The van der Waals surface area contributed by atoms with Gasteiger partial charge in [-0.3, -0.25) is 0 Å². The Hall–Kier alpha value is -0.670. The number of aryl methyl sites for hydroxylation is 1. The lowest BCUT2D eigenvalue weighted by molar-refractivity contribution is 0.557. The van der Waals surface area contributed by atoms with Crippen LogP contribution in [0.5, 0.6) is 0 Å². The highest BCUT2D eigenvalue weighted by atomic mass is 79.9. The first-order valence-corrected chi connectivity index (χ1v) is 6.61. The van der Waals surface area contributed by atoms with E-state index in [-0.39, 0.29) is 0 Å². The Morgan fingerprint density at radius 1 is 1.50 bits per heavy atom. The first kappa shape index (κ1) is 10.5. The maximum Gasteiger partial charge on any atom is 0.109 e. The van der Waals surface area contributed by atoms with Crippen LogP contribution >= 0.6 is 15.9 Å². The minimum absolute atomic E-state index is 0.572. The summed E-state index contributed by atoms with van der Waals surface area (Å²) in [7, 11) is 0. The zero-order valence-corrected chi connectivity index (χ0v) is 10.9. The van der Waals surface area contributed by atoms with E-state index < -0.39 is 0 Å². The van der Waals surface area contributed by atoms with Gasteiger partial charge < -0.3 is 5.32 Å². The van der Waals surface area contributed by atoms with E-state index in [0.29, 0.717) is 6.04 Å². The second-order valence-electron chi connectivity index (χ2n) is 4.71. The standard InChI is InChI=1S/C13H15BrN2/c1-8-6-10(7-16-13(8)14)11-3-2-9-4-5-15-12(9)11/h3,6-7,9,12,15H,2,4-5H2,1H3/t9-,12+/m0/s1. The summed E-state index contributed by atoms with van der Waals surface area (Å²) < 4.78 is 0.950. The highest BCUT2D eigenvalue weighted by Gasteiger charge is 2.33. The van der Waals surface area contributed by atoms with Crippen molar-refractivity contribution >= 4 is 21.5 Å². The fourth-order valence-electron chi connectivity index (χ4n) is 2.79. The van der Waals surface area contributed by atoms with Gasteiger partial charge in [0.05, 0.1) is 0 Å². The number of hydrogen-bond acceptors (Lipinski definition) is 2. The highest BCUT2D eigenvalue weighted by molar-refractivity contribution is 9.10. The number of pyridine rings is 1. The number of fused-ring (bicyclic) bond motifs is 1. The molecule has 1 aromatic heterocycles. The van der Waals surface area contributed by atoms with Crippen molar-refractivity contribution in [1.82, 2.24) is 10.3 Å². The molecule has 1 fully saturated rings. The predicted octanol–water partition coefficient (Wildman–Crippen LogP) is 2.92. The third-order valence-corrected chi connectivity index (χ3v) is 4.50. The molecule has 3 heteroatoms. The van der Waals surface area contributed by atoms with Crippen LogP contribution in [0.25, 0.3) is 5.57 Å². The molecule has 1 saturated heterocycles. The Morgan fingerprint density at radius 3 is 3.19 bits per heavy atom. The van der Waals surface area contributed by atoms with Crippen LogP contribution in [0.4, 0.5) is 0 Å². The van der Waals surface area contributed by atoms with Crippen LogP contribution in [-0.2, 0) is 0 Å². The van der Waals surface area contributed by atoms with Gasteiger partial charge in [0.1, 0.15) is 4.60 Å². The number of halogens is 1. The van der Waals surface area contributed by atoms with Gasteiger partial charge in [-0.05, 0) is 70.9 Å². The molecule has 3 rings (SSSR count). The van der Waals surface area contributed by atoms with E-state index in [2.05, 4.69) is 45.3 Å². The van der Waals surface area contributed by atoms with E-state index >= 15 is 0 Å². The smallest absolute Gasteiger partial charge is 0.109 e. The normalized spacial score (nSPS) is 28.0. The molecule has 0 bridgehead atoms. The van der Waals surface area contributed by atoms with Crippen molar-refractivity contribution in [3.05, 3.63) is 34.1 Å². The molecule has 2 nitrogen and oxygen atoms in total. The summed E-state index contributed by atoms with van der Waals surface area (Å²) in [6, 6.07) is 2.80. The summed E-state index contributed by atoms with van der Waals surface area (Å²) in [6.45, 7) is 3.26. The van der Waals surface area contributed by atoms with E-state index in [9.17, 15) is 0 Å². The Bertz CT molecular complexity index is 453. The van der Waals surface area contributed by atoms with Gasteiger partial charge in [0.15, 0.2) is 0 Å². The maximum atomic E-state index is 4.39. The van der Waals surface area contributed by atoms with E-state index in [1.807, 2.05) is 6.20 Å². The molecular formula is C13H15BrN2.